The number of esters is 1. The van der Waals surface area contributed by atoms with E-state index >= 15 is 0 Å². The highest BCUT2D eigenvalue weighted by Crippen LogP contribution is 2.16. The molecule has 0 aromatic heterocycles. The van der Waals surface area contributed by atoms with Gasteiger partial charge in [-0.05, 0) is 57.8 Å². The predicted molar refractivity (Wildman–Crippen MR) is 255 cm³/mol. The van der Waals surface area contributed by atoms with Gasteiger partial charge in [-0.3, -0.25) is 9.59 Å². The Balaban J connectivity index is 3.55. The van der Waals surface area contributed by atoms with E-state index in [9.17, 15) is 19.8 Å². The lowest BCUT2D eigenvalue weighted by Gasteiger charge is -2.20. The van der Waals surface area contributed by atoms with Crippen LogP contribution in [0.5, 0.6) is 0 Å². The molecule has 2 atom stereocenters. The van der Waals surface area contributed by atoms with E-state index < -0.39 is 12.1 Å². The number of carbonyl (C=O) groups is 2. The van der Waals surface area contributed by atoms with E-state index in [1.165, 1.54) is 167 Å². The SMILES string of the molecule is CCC/C=C\C/C=C\CCCCCCCC(=O)OCCCCCCCCCCCC(=O)NC(CO)C(O)/C=C/CCCCCCCCCCCCCCCCCCCC. The normalized spacial score (nSPS) is 12.9. The monoisotopic (exact) mass is 830 g/mol. The van der Waals surface area contributed by atoms with Crippen molar-refractivity contribution in [2.45, 2.75) is 276 Å². The van der Waals surface area contributed by atoms with Gasteiger partial charge in [-0.15, -0.1) is 0 Å². The maximum absolute atomic E-state index is 12.4. The van der Waals surface area contributed by atoms with Gasteiger partial charge in [0.05, 0.1) is 25.4 Å². The van der Waals surface area contributed by atoms with Gasteiger partial charge < -0.3 is 20.3 Å². The summed E-state index contributed by atoms with van der Waals surface area (Å²) in [6.07, 6.45) is 58.6. The third-order valence-corrected chi connectivity index (χ3v) is 11.6. The zero-order valence-corrected chi connectivity index (χ0v) is 39.2. The summed E-state index contributed by atoms with van der Waals surface area (Å²) in [6.45, 7) is 4.77. The fraction of sp³-hybridized carbons (Fsp3) is 0.849. The molecule has 0 spiro atoms. The first kappa shape index (κ1) is 57.1. The molecule has 1 amide bonds. The van der Waals surface area contributed by atoms with E-state index in [1.54, 1.807) is 6.08 Å². The standard InChI is InChI=1S/C53H99NO5/c1-3-5-7-9-11-13-15-17-18-19-20-21-22-23-25-26-29-33-37-41-45-51(56)50(49-55)54-52(57)46-42-38-34-30-28-32-36-40-44-48-59-53(58)47-43-39-35-31-27-24-16-14-12-10-8-6-4-2/h8,10,14,16,41,45,50-51,55-56H,3-7,9,11-13,15,17-40,42-44,46-49H2,1-2H3,(H,54,57)/b10-8-,16-14-,45-41+. The molecule has 0 aliphatic heterocycles. The second-order valence-electron chi connectivity index (χ2n) is 17.5. The minimum absolute atomic E-state index is 0.0428. The number of hydrogen-bond donors (Lipinski definition) is 3. The first-order chi connectivity index (χ1) is 29.0. The van der Waals surface area contributed by atoms with Gasteiger partial charge in [-0.2, -0.15) is 0 Å². The van der Waals surface area contributed by atoms with Gasteiger partial charge in [0, 0.05) is 12.8 Å². The molecule has 0 saturated heterocycles. The summed E-state index contributed by atoms with van der Waals surface area (Å²) in [6, 6.07) is -0.650. The highest BCUT2D eigenvalue weighted by atomic mass is 16.5. The lowest BCUT2D eigenvalue weighted by Crippen LogP contribution is -2.45. The van der Waals surface area contributed by atoms with Crippen LogP contribution in [0.2, 0.25) is 0 Å². The number of rotatable bonds is 47. The van der Waals surface area contributed by atoms with E-state index in [0.717, 1.165) is 70.6 Å². The van der Waals surface area contributed by atoms with E-state index in [1.807, 2.05) is 6.08 Å². The van der Waals surface area contributed by atoms with Crippen molar-refractivity contribution in [1.82, 2.24) is 5.32 Å². The minimum atomic E-state index is -0.863. The summed E-state index contributed by atoms with van der Waals surface area (Å²) < 4.78 is 5.43. The Bertz CT molecular complexity index is 962. The van der Waals surface area contributed by atoms with Crippen molar-refractivity contribution >= 4 is 11.9 Å². The number of aliphatic hydroxyl groups is 2. The first-order valence-electron chi connectivity index (χ1n) is 25.8. The fourth-order valence-corrected chi connectivity index (χ4v) is 7.67. The Hall–Kier alpha value is -1.92. The fourth-order valence-electron chi connectivity index (χ4n) is 7.67. The van der Waals surface area contributed by atoms with E-state index in [4.69, 9.17) is 4.74 Å². The lowest BCUT2D eigenvalue weighted by molar-refractivity contribution is -0.143. The minimum Gasteiger partial charge on any atom is -0.466 e. The van der Waals surface area contributed by atoms with E-state index in [2.05, 4.69) is 43.5 Å². The number of hydrogen-bond acceptors (Lipinski definition) is 5. The van der Waals surface area contributed by atoms with Crippen LogP contribution in [0.3, 0.4) is 0 Å². The van der Waals surface area contributed by atoms with Gasteiger partial charge in [-0.1, -0.05) is 230 Å². The molecule has 2 unspecified atom stereocenters. The van der Waals surface area contributed by atoms with Crippen LogP contribution in [0, 0.1) is 0 Å². The molecular formula is C53H99NO5. The molecule has 0 aromatic carbocycles. The number of nitrogens with one attached hydrogen (secondary N) is 1. The van der Waals surface area contributed by atoms with Crippen LogP contribution < -0.4 is 5.32 Å². The van der Waals surface area contributed by atoms with Gasteiger partial charge >= 0.3 is 5.97 Å². The molecule has 0 bridgehead atoms. The Kier molecular flexibility index (Phi) is 47.2. The van der Waals surface area contributed by atoms with Crippen molar-refractivity contribution in [3.8, 4) is 0 Å². The highest BCUT2D eigenvalue weighted by molar-refractivity contribution is 5.76. The van der Waals surface area contributed by atoms with Crippen LogP contribution in [0.25, 0.3) is 0 Å². The smallest absolute Gasteiger partial charge is 0.305 e. The average molecular weight is 830 g/mol. The predicted octanol–water partition coefficient (Wildman–Crippen LogP) is 15.3. The zero-order valence-electron chi connectivity index (χ0n) is 39.2. The molecule has 0 rings (SSSR count). The Morgan fingerprint density at radius 3 is 1.36 bits per heavy atom. The van der Waals surface area contributed by atoms with Gasteiger partial charge in [-0.25, -0.2) is 0 Å². The molecule has 6 heteroatoms. The summed E-state index contributed by atoms with van der Waals surface area (Å²) in [5.74, 6) is -0.139. The van der Waals surface area contributed by atoms with Crippen molar-refractivity contribution in [2.24, 2.45) is 0 Å². The van der Waals surface area contributed by atoms with Crippen LogP contribution in [0.1, 0.15) is 264 Å². The summed E-state index contributed by atoms with van der Waals surface area (Å²) in [4.78, 5) is 24.4. The molecule has 6 nitrogen and oxygen atoms in total. The molecule has 3 N–H and O–H groups in total. The zero-order chi connectivity index (χ0) is 43.0. The van der Waals surface area contributed by atoms with Gasteiger partial charge in [0.15, 0.2) is 0 Å². The van der Waals surface area contributed by atoms with Crippen LogP contribution in [-0.4, -0.2) is 47.4 Å². The van der Waals surface area contributed by atoms with Crippen molar-refractivity contribution in [3.63, 3.8) is 0 Å². The molecule has 0 aromatic rings. The van der Waals surface area contributed by atoms with Crippen molar-refractivity contribution < 1.29 is 24.5 Å². The molecule has 0 aliphatic rings. The van der Waals surface area contributed by atoms with Crippen molar-refractivity contribution in [3.05, 3.63) is 36.5 Å². The Morgan fingerprint density at radius 1 is 0.475 bits per heavy atom. The maximum atomic E-state index is 12.4. The van der Waals surface area contributed by atoms with Crippen LogP contribution in [0.4, 0.5) is 0 Å². The molecule has 0 fully saturated rings. The third kappa shape index (κ3) is 45.4. The Labute approximate surface area is 366 Å². The second-order valence-corrected chi connectivity index (χ2v) is 17.5. The lowest BCUT2D eigenvalue weighted by atomic mass is 10.0. The molecule has 0 aliphatic carbocycles. The van der Waals surface area contributed by atoms with Crippen molar-refractivity contribution in [1.29, 1.82) is 0 Å². The molecular weight excluding hydrogens is 731 g/mol. The summed E-state index contributed by atoms with van der Waals surface area (Å²) in [5.41, 5.74) is 0. The molecule has 0 saturated carbocycles. The Morgan fingerprint density at radius 2 is 0.881 bits per heavy atom. The van der Waals surface area contributed by atoms with Gasteiger partial charge in [0.2, 0.25) is 5.91 Å². The van der Waals surface area contributed by atoms with Gasteiger partial charge in [0.1, 0.15) is 0 Å². The van der Waals surface area contributed by atoms with Gasteiger partial charge in [0.25, 0.3) is 0 Å². The summed E-state index contributed by atoms with van der Waals surface area (Å²) in [5, 5.41) is 23.1. The largest absolute Gasteiger partial charge is 0.466 e. The maximum Gasteiger partial charge on any atom is 0.305 e. The number of unbranched alkanes of at least 4 members (excludes halogenated alkanes) is 32. The quantitative estimate of drug-likeness (QED) is 0.0323. The number of carbonyl (C=O) groups excluding carboxylic acids is 2. The summed E-state index contributed by atoms with van der Waals surface area (Å²) in [7, 11) is 0. The number of aliphatic hydroxyl groups excluding tert-OH is 2. The number of amides is 1. The number of ether oxygens (including phenoxy) is 1. The second kappa shape index (κ2) is 48.7. The third-order valence-electron chi connectivity index (χ3n) is 11.6. The first-order valence-corrected chi connectivity index (χ1v) is 25.8. The highest BCUT2D eigenvalue weighted by Gasteiger charge is 2.18. The van der Waals surface area contributed by atoms with Crippen LogP contribution in [0.15, 0.2) is 36.5 Å². The topological polar surface area (TPSA) is 95.9 Å². The molecule has 346 valence electrons. The average Bonchev–Trinajstić information content (AvgIpc) is 3.24. The van der Waals surface area contributed by atoms with E-state index in [-0.39, 0.29) is 18.5 Å². The summed E-state index contributed by atoms with van der Waals surface area (Å²) >= 11 is 0. The number of allylic oxidation sites excluding steroid dienone is 5. The van der Waals surface area contributed by atoms with Crippen molar-refractivity contribution in [2.75, 3.05) is 13.2 Å². The van der Waals surface area contributed by atoms with E-state index in [0.29, 0.717) is 19.4 Å². The molecule has 0 heterocycles. The van der Waals surface area contributed by atoms with Crippen LogP contribution in [-0.2, 0) is 14.3 Å². The van der Waals surface area contributed by atoms with Crippen LogP contribution >= 0.6 is 0 Å². The molecule has 59 heavy (non-hydrogen) atoms. The molecule has 0 radical (unpaired) electrons.